The van der Waals surface area contributed by atoms with E-state index in [2.05, 4.69) is 0 Å². The van der Waals surface area contributed by atoms with E-state index in [1.54, 1.807) is 40.9 Å². The lowest BCUT2D eigenvalue weighted by atomic mass is 9.78. The Labute approximate surface area is 446 Å². The van der Waals surface area contributed by atoms with Gasteiger partial charge in [0.15, 0.2) is 5.78 Å². The molecular formula is C56H90N2O16S. The Hall–Kier alpha value is -3.50. The maximum atomic E-state index is 14.6. The van der Waals surface area contributed by atoms with Gasteiger partial charge in [-0.25, -0.2) is 18.4 Å². The van der Waals surface area contributed by atoms with Crippen molar-refractivity contribution < 1.29 is 76.1 Å². The standard InChI is InChI=1S/C56H90N2O16S/c1-35-17-11-10-12-18-36(2)47(71-26-15-16-28-75(57,67)68)33-43-22-20-41(7)56(66,74-43)53(63)54(64)58-24-14-13-19-44(58)55(65)73-48(38(4)31-42-21-23-46(72-27-25-59)49(32-42)69-8)34-45(60)37(3)30-40(6)51(62)52(70-9)50(61)39(5)29-35/h10-12,17-18,30,35,37-39,41-44,46-49,51-52,59,62,66H,13-16,19-29,31-34H2,1-9H3,(H2,57,67,68)/b12-10+,17-11+,36-18+,40-30+/t35-,37-,38-,39-,41-,42+,43+,44+,46-,47-,48+,49-,51-,52+,56-/m1/s1. The molecule has 0 radical (unpaired) electrons. The SMILES string of the molecule is CO[C@@H]1C[C@H](C[C@@H](C)[C@@H]2CC(=O)[C@H](C)/C=C(\C)[C@@H](O)[C@@H](OC)C(=O)[C@H](C)C[C@H](C)/C=C/C=C/C=C(\C)[C@H](OCCCCS(N)(=O)=O)C[C@@H]3CC[C@@H](C)[C@@](O)(O3)C(=O)C(=O)N3CCCC[C@H]3C(=O)O2)CC[C@H]1OCCO. The summed E-state index contributed by atoms with van der Waals surface area (Å²) >= 11 is 0. The number of hydrogen-bond acceptors (Lipinski definition) is 16. The summed E-state index contributed by atoms with van der Waals surface area (Å²) in [5.41, 5.74) is 1.14. The Morgan fingerprint density at radius 3 is 2.28 bits per heavy atom. The summed E-state index contributed by atoms with van der Waals surface area (Å²) in [7, 11) is -0.685. The van der Waals surface area contributed by atoms with Crippen LogP contribution in [0.1, 0.15) is 138 Å². The summed E-state index contributed by atoms with van der Waals surface area (Å²) in [6.07, 6.45) is 11.4. The Morgan fingerprint density at radius 2 is 1.60 bits per heavy atom. The first-order valence-electron chi connectivity index (χ1n) is 27.2. The second-order valence-corrected chi connectivity index (χ2v) is 23.6. The third-order valence-corrected chi connectivity index (χ3v) is 16.6. The molecule has 18 nitrogen and oxygen atoms in total. The topological polar surface area (TPSA) is 265 Å². The summed E-state index contributed by atoms with van der Waals surface area (Å²) in [6, 6.07) is -1.20. The number of sulfonamides is 1. The number of rotatable bonds is 14. The van der Waals surface area contributed by atoms with Gasteiger partial charge in [0.25, 0.3) is 11.7 Å². The Bertz CT molecular complexity index is 2130. The quantitative estimate of drug-likeness (QED) is 0.0710. The number of aliphatic hydroxyl groups excluding tert-OH is 2. The lowest BCUT2D eigenvalue weighted by molar-refractivity contribution is -0.266. The zero-order valence-corrected chi connectivity index (χ0v) is 46.9. The number of nitrogens with two attached hydrogens (primary N) is 1. The van der Waals surface area contributed by atoms with Gasteiger partial charge >= 0.3 is 5.97 Å². The maximum Gasteiger partial charge on any atom is 0.329 e. The summed E-state index contributed by atoms with van der Waals surface area (Å²) in [5, 5.41) is 38.3. The molecule has 19 heteroatoms. The first kappa shape index (κ1) is 64.0. The van der Waals surface area contributed by atoms with Crippen LogP contribution in [-0.2, 0) is 62.4 Å². The number of piperidine rings is 1. The number of aliphatic hydroxyl groups is 3. The zero-order valence-electron chi connectivity index (χ0n) is 46.1. The summed E-state index contributed by atoms with van der Waals surface area (Å²) in [5.74, 6) is -8.73. The van der Waals surface area contributed by atoms with E-state index in [4.69, 9.17) is 33.6 Å². The molecule has 4 rings (SSSR count). The molecule has 2 saturated heterocycles. The molecule has 1 amide bonds. The normalized spacial score (nSPS) is 36.8. The fourth-order valence-corrected chi connectivity index (χ4v) is 11.6. The van der Waals surface area contributed by atoms with E-state index in [0.717, 1.165) is 16.9 Å². The number of ketones is 3. The molecule has 75 heavy (non-hydrogen) atoms. The second-order valence-electron chi connectivity index (χ2n) is 21.9. The highest BCUT2D eigenvalue weighted by Crippen LogP contribution is 2.38. The number of Topliss-reactive ketones (excluding diaryl/α,β-unsaturated/α-hetero) is 3. The van der Waals surface area contributed by atoms with Crippen LogP contribution >= 0.6 is 0 Å². The number of esters is 1. The van der Waals surface area contributed by atoms with Gasteiger partial charge in [0.2, 0.25) is 15.8 Å². The minimum atomic E-state index is -3.66. The van der Waals surface area contributed by atoms with Gasteiger partial charge in [-0.15, -0.1) is 0 Å². The van der Waals surface area contributed by atoms with Crippen LogP contribution in [0.4, 0.5) is 0 Å². The van der Waals surface area contributed by atoms with E-state index < -0.39 is 87.8 Å². The number of methoxy groups -OCH3 is 2. The zero-order chi connectivity index (χ0) is 55.6. The highest BCUT2D eigenvalue weighted by molar-refractivity contribution is 7.89. The van der Waals surface area contributed by atoms with Gasteiger partial charge < -0.3 is 48.6 Å². The van der Waals surface area contributed by atoms with Gasteiger partial charge in [-0.05, 0) is 120 Å². The second kappa shape index (κ2) is 30.6. The Kier molecular flexibility index (Phi) is 26.1. The van der Waals surface area contributed by atoms with Crippen molar-refractivity contribution in [1.29, 1.82) is 0 Å². The molecule has 5 N–H and O–H groups in total. The predicted octanol–water partition coefficient (Wildman–Crippen LogP) is 5.64. The molecule has 1 saturated carbocycles. The number of primary sulfonamides is 1. The van der Waals surface area contributed by atoms with E-state index in [1.807, 2.05) is 51.2 Å². The van der Waals surface area contributed by atoms with Crippen molar-refractivity contribution in [2.24, 2.45) is 40.6 Å². The van der Waals surface area contributed by atoms with E-state index in [1.165, 1.54) is 7.11 Å². The van der Waals surface area contributed by atoms with Gasteiger partial charge in [0.05, 0.1) is 43.4 Å². The number of amides is 1. The van der Waals surface area contributed by atoms with Gasteiger partial charge in [-0.2, -0.15) is 0 Å². The molecule has 2 bridgehead atoms. The number of fused-ring (bicyclic) bond motifs is 3. The molecule has 0 spiro atoms. The average Bonchev–Trinajstić information content (AvgIpc) is 3.37. The van der Waals surface area contributed by atoms with Crippen LogP contribution in [-0.4, -0.2) is 159 Å². The summed E-state index contributed by atoms with van der Waals surface area (Å²) in [4.78, 5) is 72.7. The molecule has 0 aromatic carbocycles. The van der Waals surface area contributed by atoms with Crippen LogP contribution in [0.15, 0.2) is 47.6 Å². The first-order chi connectivity index (χ1) is 35.4. The minimum Gasteiger partial charge on any atom is -0.460 e. The van der Waals surface area contributed by atoms with Crippen molar-refractivity contribution in [3.05, 3.63) is 47.6 Å². The largest absolute Gasteiger partial charge is 0.460 e. The fourth-order valence-electron chi connectivity index (χ4n) is 11.0. The number of nitrogens with zero attached hydrogens (tertiary/aromatic N) is 1. The van der Waals surface area contributed by atoms with E-state index in [-0.39, 0.29) is 99.3 Å². The molecule has 426 valence electrons. The van der Waals surface area contributed by atoms with Crippen molar-refractivity contribution in [2.45, 2.75) is 193 Å². The fraction of sp³-hybridized carbons (Fsp3) is 0.768. The van der Waals surface area contributed by atoms with Crippen LogP contribution in [0, 0.1) is 35.5 Å². The molecule has 4 aliphatic rings. The van der Waals surface area contributed by atoms with Crippen molar-refractivity contribution in [1.82, 2.24) is 4.90 Å². The number of allylic oxidation sites excluding steroid dienone is 6. The van der Waals surface area contributed by atoms with E-state index >= 15 is 0 Å². The molecule has 1 aliphatic carbocycles. The van der Waals surface area contributed by atoms with Crippen molar-refractivity contribution in [3.8, 4) is 0 Å². The highest BCUT2D eigenvalue weighted by Gasteiger charge is 2.53. The third-order valence-electron chi connectivity index (χ3n) is 15.7. The first-order valence-corrected chi connectivity index (χ1v) is 29.0. The van der Waals surface area contributed by atoms with Crippen LogP contribution in [0.2, 0.25) is 0 Å². The molecule has 3 heterocycles. The molecule has 15 atom stereocenters. The molecule has 0 aromatic heterocycles. The predicted molar refractivity (Wildman–Crippen MR) is 282 cm³/mol. The van der Waals surface area contributed by atoms with Gasteiger partial charge in [0, 0.05) is 58.0 Å². The lowest BCUT2D eigenvalue weighted by Gasteiger charge is -2.43. The van der Waals surface area contributed by atoms with Crippen LogP contribution in [0.5, 0.6) is 0 Å². The molecule has 0 unspecified atom stereocenters. The minimum absolute atomic E-state index is 0.0392. The van der Waals surface area contributed by atoms with Crippen LogP contribution in [0.3, 0.4) is 0 Å². The van der Waals surface area contributed by atoms with E-state index in [0.29, 0.717) is 63.4 Å². The van der Waals surface area contributed by atoms with Crippen molar-refractivity contribution >= 4 is 39.2 Å². The number of hydrogen-bond donors (Lipinski definition) is 4. The van der Waals surface area contributed by atoms with Gasteiger partial charge in [-0.3, -0.25) is 19.2 Å². The average molecular weight is 1080 g/mol. The lowest BCUT2D eigenvalue weighted by Crippen LogP contribution is -2.61. The molecule has 3 fully saturated rings. The number of ether oxygens (including phenoxy) is 6. The van der Waals surface area contributed by atoms with Gasteiger partial charge in [0.1, 0.15) is 30.1 Å². The van der Waals surface area contributed by atoms with E-state index in [9.17, 15) is 47.7 Å². The van der Waals surface area contributed by atoms with Gasteiger partial charge in [-0.1, -0.05) is 71.1 Å². The summed E-state index contributed by atoms with van der Waals surface area (Å²) in [6.45, 7) is 12.8. The maximum absolute atomic E-state index is 14.6. The smallest absolute Gasteiger partial charge is 0.329 e. The Morgan fingerprint density at radius 1 is 0.867 bits per heavy atom. The molecular weight excluding hydrogens is 989 g/mol. The highest BCUT2D eigenvalue weighted by atomic mass is 32.2. The Balaban J connectivity index is 1.71. The van der Waals surface area contributed by atoms with Crippen LogP contribution in [0.25, 0.3) is 0 Å². The van der Waals surface area contributed by atoms with Crippen LogP contribution < -0.4 is 5.14 Å². The number of carbonyl (C=O) groups is 5. The number of carbonyl (C=O) groups excluding carboxylic acids is 5. The third kappa shape index (κ3) is 19.1. The molecule has 0 aromatic rings. The summed E-state index contributed by atoms with van der Waals surface area (Å²) < 4.78 is 59.3. The molecule has 3 aliphatic heterocycles. The number of unbranched alkanes of at least 4 members (excludes halogenated alkanes) is 1. The number of cyclic esters (lactones) is 1. The monoisotopic (exact) mass is 1080 g/mol. The van der Waals surface area contributed by atoms with Crippen molar-refractivity contribution in [3.63, 3.8) is 0 Å². The van der Waals surface area contributed by atoms with Crippen molar-refractivity contribution in [2.75, 3.05) is 46.3 Å².